The highest BCUT2D eigenvalue weighted by atomic mass is 32.1. The van der Waals surface area contributed by atoms with Crippen LogP contribution in [-0.2, 0) is 20.9 Å². The molecule has 10 heteroatoms. The standard InChI is InChI=1S/C25H24N4O5S/c1-13-27-21-17(25(34)29(13)18-9-10-20(30)28-23(18)32)12-35-19(21)11-26-24(33)22(31)16-7-5-15(6-8-16)14-3-2-4-14/h5-8,12,14,18H,2-4,9-11H2,1H3,(H,26,33)(H,28,30,32). The first-order chi connectivity index (χ1) is 16.8. The number of nitrogens with one attached hydrogen (secondary N) is 2. The third-order valence-corrected chi connectivity index (χ3v) is 7.77. The zero-order valence-electron chi connectivity index (χ0n) is 19.1. The summed E-state index contributed by atoms with van der Waals surface area (Å²) in [7, 11) is 0. The normalized spacial score (nSPS) is 18.3. The maximum absolute atomic E-state index is 13.1. The Kier molecular flexibility index (Phi) is 6.06. The molecule has 1 unspecified atom stereocenters. The second-order valence-corrected chi connectivity index (χ2v) is 9.95. The van der Waals surface area contributed by atoms with Gasteiger partial charge >= 0.3 is 0 Å². The second kappa shape index (κ2) is 9.18. The summed E-state index contributed by atoms with van der Waals surface area (Å²) in [6.07, 6.45) is 3.93. The molecule has 0 spiro atoms. The van der Waals surface area contributed by atoms with Crippen molar-refractivity contribution in [2.24, 2.45) is 0 Å². The topological polar surface area (TPSA) is 127 Å². The molecule has 1 aliphatic carbocycles. The molecule has 180 valence electrons. The molecular formula is C25H24N4O5S. The molecule has 2 N–H and O–H groups in total. The Labute approximate surface area is 204 Å². The highest BCUT2D eigenvalue weighted by molar-refractivity contribution is 7.11. The van der Waals surface area contributed by atoms with Crippen LogP contribution in [-0.4, -0.2) is 33.1 Å². The van der Waals surface area contributed by atoms with E-state index < -0.39 is 23.6 Å². The molecule has 0 radical (unpaired) electrons. The van der Waals surface area contributed by atoms with Crippen molar-refractivity contribution in [1.29, 1.82) is 0 Å². The second-order valence-electron chi connectivity index (χ2n) is 8.98. The van der Waals surface area contributed by atoms with Crippen LogP contribution in [0.4, 0.5) is 0 Å². The quantitative estimate of drug-likeness (QED) is 0.309. The lowest BCUT2D eigenvalue weighted by atomic mass is 9.80. The third-order valence-electron chi connectivity index (χ3n) is 6.80. The fourth-order valence-corrected chi connectivity index (χ4v) is 5.49. The summed E-state index contributed by atoms with van der Waals surface area (Å²) in [4.78, 5) is 67.1. The molecule has 9 nitrogen and oxygen atoms in total. The zero-order chi connectivity index (χ0) is 24.7. The molecule has 1 saturated heterocycles. The molecule has 3 amide bonds. The van der Waals surface area contributed by atoms with Gasteiger partial charge in [-0.05, 0) is 37.7 Å². The van der Waals surface area contributed by atoms with Crippen LogP contribution in [0.15, 0.2) is 34.4 Å². The SMILES string of the molecule is Cc1nc2c(CNC(=O)C(=O)c3ccc(C4CCC4)cc3)scc2c(=O)n1C1CCC(=O)NC1=O. The van der Waals surface area contributed by atoms with Crippen LogP contribution in [0, 0.1) is 6.92 Å². The van der Waals surface area contributed by atoms with Crippen LogP contribution < -0.4 is 16.2 Å². The molecule has 1 saturated carbocycles. The Hall–Kier alpha value is -3.66. The van der Waals surface area contributed by atoms with Crippen molar-refractivity contribution in [3.05, 3.63) is 61.8 Å². The number of piperidine rings is 1. The predicted octanol–water partition coefficient (Wildman–Crippen LogP) is 2.51. The van der Waals surface area contributed by atoms with E-state index in [0.717, 1.165) is 12.8 Å². The lowest BCUT2D eigenvalue weighted by Gasteiger charge is -2.25. The number of benzene rings is 1. The van der Waals surface area contributed by atoms with E-state index in [1.165, 1.54) is 27.9 Å². The molecule has 1 atom stereocenters. The molecule has 3 heterocycles. The molecule has 2 aliphatic rings. The van der Waals surface area contributed by atoms with Gasteiger partial charge < -0.3 is 5.32 Å². The van der Waals surface area contributed by atoms with Crippen LogP contribution in [0.1, 0.15) is 70.7 Å². The number of hydrogen-bond donors (Lipinski definition) is 2. The molecule has 35 heavy (non-hydrogen) atoms. The minimum atomic E-state index is -0.798. The van der Waals surface area contributed by atoms with Crippen molar-refractivity contribution in [2.45, 2.75) is 57.5 Å². The van der Waals surface area contributed by atoms with Crippen molar-refractivity contribution < 1.29 is 19.2 Å². The van der Waals surface area contributed by atoms with Crippen LogP contribution in [0.2, 0.25) is 0 Å². The van der Waals surface area contributed by atoms with Gasteiger partial charge in [0.25, 0.3) is 11.5 Å². The smallest absolute Gasteiger partial charge is 0.292 e. The first kappa shape index (κ1) is 23.1. The lowest BCUT2D eigenvalue weighted by Crippen LogP contribution is -2.45. The van der Waals surface area contributed by atoms with Crippen LogP contribution in [0.3, 0.4) is 0 Å². The number of rotatable bonds is 6. The van der Waals surface area contributed by atoms with Crippen LogP contribution in [0.5, 0.6) is 0 Å². The average molecular weight is 493 g/mol. The Morgan fingerprint density at radius 2 is 1.89 bits per heavy atom. The Bertz CT molecular complexity index is 1420. The van der Waals surface area contributed by atoms with E-state index in [0.29, 0.717) is 33.1 Å². The summed E-state index contributed by atoms with van der Waals surface area (Å²) in [6.45, 7) is 1.68. The number of fused-ring (bicyclic) bond motifs is 1. The number of nitrogens with zero attached hydrogens (tertiary/aromatic N) is 2. The van der Waals surface area contributed by atoms with E-state index in [1.54, 1.807) is 24.4 Å². The van der Waals surface area contributed by atoms with Gasteiger partial charge in [-0.25, -0.2) is 4.98 Å². The zero-order valence-corrected chi connectivity index (χ0v) is 19.9. The van der Waals surface area contributed by atoms with Crippen molar-refractivity contribution in [2.75, 3.05) is 0 Å². The third kappa shape index (κ3) is 4.29. The lowest BCUT2D eigenvalue weighted by molar-refractivity contribution is -0.135. The van der Waals surface area contributed by atoms with Gasteiger partial charge in [-0.3, -0.25) is 33.9 Å². The van der Waals surface area contributed by atoms with Gasteiger partial charge in [-0.1, -0.05) is 30.7 Å². The van der Waals surface area contributed by atoms with Gasteiger partial charge in [-0.2, -0.15) is 0 Å². The molecular weight excluding hydrogens is 468 g/mol. The van der Waals surface area contributed by atoms with Crippen LogP contribution >= 0.6 is 11.3 Å². The van der Waals surface area contributed by atoms with Crippen molar-refractivity contribution in [1.82, 2.24) is 20.2 Å². The van der Waals surface area contributed by atoms with Gasteiger partial charge in [0.2, 0.25) is 17.6 Å². The first-order valence-corrected chi connectivity index (χ1v) is 12.5. The summed E-state index contributed by atoms with van der Waals surface area (Å²) in [6, 6.07) is 6.42. The molecule has 1 aliphatic heterocycles. The van der Waals surface area contributed by atoms with E-state index in [1.807, 2.05) is 12.1 Å². The monoisotopic (exact) mass is 492 g/mol. The number of carbonyl (C=O) groups is 4. The molecule has 5 rings (SSSR count). The van der Waals surface area contributed by atoms with E-state index in [9.17, 15) is 24.0 Å². The number of Topliss-reactive ketones (excluding diaryl/α,β-unsaturated/α-hetero) is 1. The van der Waals surface area contributed by atoms with E-state index in [2.05, 4.69) is 15.6 Å². The largest absolute Gasteiger partial charge is 0.344 e. The fourth-order valence-electron chi connectivity index (χ4n) is 4.60. The Morgan fingerprint density at radius 1 is 1.14 bits per heavy atom. The van der Waals surface area contributed by atoms with Crippen LogP contribution in [0.25, 0.3) is 10.9 Å². The Morgan fingerprint density at radius 3 is 2.54 bits per heavy atom. The summed E-state index contributed by atoms with van der Waals surface area (Å²) in [5, 5.41) is 6.86. The minimum Gasteiger partial charge on any atom is -0.344 e. The molecule has 1 aromatic carbocycles. The van der Waals surface area contributed by atoms with Gasteiger partial charge in [0, 0.05) is 17.4 Å². The average Bonchev–Trinajstić information content (AvgIpc) is 3.20. The number of aryl methyl sites for hydroxylation is 1. The number of carbonyl (C=O) groups excluding carboxylic acids is 4. The number of amides is 3. The fraction of sp³-hybridized carbons (Fsp3) is 0.360. The van der Waals surface area contributed by atoms with Gasteiger partial charge in [0.15, 0.2) is 0 Å². The van der Waals surface area contributed by atoms with Crippen molar-refractivity contribution >= 4 is 45.7 Å². The van der Waals surface area contributed by atoms with E-state index in [4.69, 9.17) is 0 Å². The number of thiophene rings is 1. The van der Waals surface area contributed by atoms with Gasteiger partial charge in [0.05, 0.1) is 22.3 Å². The summed E-state index contributed by atoms with van der Waals surface area (Å²) < 4.78 is 1.32. The number of hydrogen-bond acceptors (Lipinski definition) is 7. The molecule has 2 aromatic heterocycles. The number of aromatic nitrogens is 2. The maximum Gasteiger partial charge on any atom is 0.292 e. The minimum absolute atomic E-state index is 0.0488. The number of imide groups is 1. The predicted molar refractivity (Wildman–Crippen MR) is 129 cm³/mol. The van der Waals surface area contributed by atoms with Gasteiger partial charge in [-0.15, -0.1) is 11.3 Å². The van der Waals surface area contributed by atoms with Crippen molar-refractivity contribution in [3.8, 4) is 0 Å². The summed E-state index contributed by atoms with van der Waals surface area (Å²) in [5.41, 5.74) is 1.59. The van der Waals surface area contributed by atoms with E-state index >= 15 is 0 Å². The van der Waals surface area contributed by atoms with Crippen molar-refractivity contribution in [3.63, 3.8) is 0 Å². The summed E-state index contributed by atoms with van der Waals surface area (Å²) in [5.74, 6) is -1.33. The molecule has 2 fully saturated rings. The molecule has 0 bridgehead atoms. The Balaban J connectivity index is 1.31. The highest BCUT2D eigenvalue weighted by Gasteiger charge is 2.31. The maximum atomic E-state index is 13.1. The first-order valence-electron chi connectivity index (χ1n) is 11.6. The number of ketones is 1. The highest BCUT2D eigenvalue weighted by Crippen LogP contribution is 2.36. The van der Waals surface area contributed by atoms with Gasteiger partial charge in [0.1, 0.15) is 11.9 Å². The van der Waals surface area contributed by atoms with E-state index in [-0.39, 0.29) is 30.9 Å². The summed E-state index contributed by atoms with van der Waals surface area (Å²) >= 11 is 1.25. The molecule has 3 aromatic rings.